The van der Waals surface area contributed by atoms with E-state index in [4.69, 9.17) is 9.47 Å². The van der Waals surface area contributed by atoms with Crippen molar-refractivity contribution in [2.24, 2.45) is 0 Å². The van der Waals surface area contributed by atoms with Crippen molar-refractivity contribution in [2.75, 3.05) is 19.7 Å². The molecule has 0 unspecified atom stereocenters. The van der Waals surface area contributed by atoms with Crippen LogP contribution in [0.4, 0.5) is 0 Å². The first-order valence-corrected chi connectivity index (χ1v) is 7.77. The van der Waals surface area contributed by atoms with Crippen LogP contribution in [-0.2, 0) is 9.53 Å². The quantitative estimate of drug-likeness (QED) is 0.635. The highest BCUT2D eigenvalue weighted by Crippen LogP contribution is 2.28. The fraction of sp³-hybridized carbons (Fsp3) is 0.611. The lowest BCUT2D eigenvalue weighted by Gasteiger charge is -2.48. The van der Waals surface area contributed by atoms with Crippen LogP contribution in [0, 0.1) is 13.8 Å². The van der Waals surface area contributed by atoms with Gasteiger partial charge in [0.05, 0.1) is 18.8 Å². The Labute approximate surface area is 133 Å². The number of hydrogen-bond acceptors (Lipinski definition) is 4. The van der Waals surface area contributed by atoms with E-state index in [2.05, 4.69) is 18.7 Å². The predicted octanol–water partition coefficient (Wildman–Crippen LogP) is 3.10. The normalized spacial score (nSPS) is 20.6. The topological polar surface area (TPSA) is 38.8 Å². The van der Waals surface area contributed by atoms with Crippen LogP contribution in [0.5, 0.6) is 5.75 Å². The maximum Gasteiger partial charge on any atom is 0.325 e. The summed E-state index contributed by atoms with van der Waals surface area (Å²) in [5.41, 5.74) is 1.55. The summed E-state index contributed by atoms with van der Waals surface area (Å²) in [7, 11) is 0. The molecule has 0 N–H and O–H groups in total. The third kappa shape index (κ3) is 3.87. The largest absolute Gasteiger partial charge is 0.425 e. The molecule has 4 heteroatoms. The molecule has 1 saturated heterocycles. The smallest absolute Gasteiger partial charge is 0.325 e. The Balaban J connectivity index is 2.08. The predicted molar refractivity (Wildman–Crippen MR) is 87.2 cm³/mol. The zero-order chi connectivity index (χ0) is 16.5. The van der Waals surface area contributed by atoms with Crippen LogP contribution in [0.2, 0.25) is 0 Å². The van der Waals surface area contributed by atoms with E-state index in [0.29, 0.717) is 18.9 Å². The molecular formula is C18H27NO3. The number of benzene rings is 1. The Hall–Kier alpha value is -1.39. The molecule has 1 aliphatic rings. The van der Waals surface area contributed by atoms with Crippen LogP contribution < -0.4 is 4.74 Å². The SMILES string of the molecule is Cc1cccc(C)c1OC(=O)CN1CC(C)(C)OCC1(C)C. The van der Waals surface area contributed by atoms with E-state index in [1.54, 1.807) is 0 Å². The standard InChI is InChI=1S/C18H27NO3/c1-13-8-7-9-14(2)16(13)22-15(20)10-19-11-18(5,6)21-12-17(19,3)4/h7-9H,10-12H2,1-6H3. The van der Waals surface area contributed by atoms with Gasteiger partial charge in [-0.3, -0.25) is 9.69 Å². The van der Waals surface area contributed by atoms with E-state index in [0.717, 1.165) is 11.1 Å². The third-order valence-electron chi connectivity index (χ3n) is 4.19. The molecule has 0 aromatic heterocycles. The number of hydrogen-bond donors (Lipinski definition) is 0. The van der Waals surface area contributed by atoms with Gasteiger partial charge in [0.15, 0.2) is 0 Å². The van der Waals surface area contributed by atoms with Crippen LogP contribution in [-0.4, -0.2) is 41.7 Å². The first kappa shape index (κ1) is 17.0. The second-order valence-electron chi connectivity index (χ2n) is 7.41. The van der Waals surface area contributed by atoms with Crippen molar-refractivity contribution in [1.29, 1.82) is 0 Å². The van der Waals surface area contributed by atoms with Crippen molar-refractivity contribution >= 4 is 5.97 Å². The highest BCUT2D eigenvalue weighted by molar-refractivity contribution is 5.75. The van der Waals surface area contributed by atoms with Gasteiger partial charge in [-0.25, -0.2) is 0 Å². The number of nitrogens with zero attached hydrogens (tertiary/aromatic N) is 1. The number of carbonyl (C=O) groups excluding carboxylic acids is 1. The molecule has 0 spiro atoms. The molecule has 4 nitrogen and oxygen atoms in total. The molecule has 1 aromatic rings. The minimum atomic E-state index is -0.242. The highest BCUT2D eigenvalue weighted by Gasteiger charge is 2.39. The minimum absolute atomic E-state index is 0.171. The molecular weight excluding hydrogens is 278 g/mol. The van der Waals surface area contributed by atoms with Crippen LogP contribution >= 0.6 is 0 Å². The molecule has 2 rings (SSSR count). The van der Waals surface area contributed by atoms with Gasteiger partial charge >= 0.3 is 5.97 Å². The van der Waals surface area contributed by atoms with Crippen molar-refractivity contribution < 1.29 is 14.3 Å². The van der Waals surface area contributed by atoms with Gasteiger partial charge in [0.25, 0.3) is 0 Å². The van der Waals surface area contributed by atoms with Crippen molar-refractivity contribution in [1.82, 2.24) is 4.90 Å². The Kier molecular flexibility index (Phi) is 4.64. The Morgan fingerprint density at radius 2 is 1.82 bits per heavy atom. The summed E-state index contributed by atoms with van der Waals surface area (Å²) in [6, 6.07) is 5.88. The monoisotopic (exact) mass is 305 g/mol. The van der Waals surface area contributed by atoms with Gasteiger partial charge in [0.1, 0.15) is 5.75 Å². The molecule has 0 amide bonds. The lowest BCUT2D eigenvalue weighted by atomic mass is 9.96. The van der Waals surface area contributed by atoms with Gasteiger partial charge < -0.3 is 9.47 Å². The number of aryl methyl sites for hydroxylation is 2. The van der Waals surface area contributed by atoms with E-state index in [9.17, 15) is 4.79 Å². The highest BCUT2D eigenvalue weighted by atomic mass is 16.5. The van der Waals surface area contributed by atoms with Gasteiger partial charge in [0.2, 0.25) is 0 Å². The minimum Gasteiger partial charge on any atom is -0.425 e. The number of rotatable bonds is 3. The van der Waals surface area contributed by atoms with E-state index in [1.807, 2.05) is 45.9 Å². The molecule has 1 fully saturated rings. The first-order chi connectivity index (χ1) is 10.1. The molecule has 1 aliphatic heterocycles. The summed E-state index contributed by atoms with van der Waals surface area (Å²) in [4.78, 5) is 14.5. The fourth-order valence-corrected chi connectivity index (χ4v) is 2.71. The number of ether oxygens (including phenoxy) is 2. The van der Waals surface area contributed by atoms with Crippen LogP contribution in [0.3, 0.4) is 0 Å². The van der Waals surface area contributed by atoms with Crippen LogP contribution in [0.15, 0.2) is 18.2 Å². The molecule has 0 aliphatic carbocycles. The maximum absolute atomic E-state index is 12.4. The van der Waals surface area contributed by atoms with Gasteiger partial charge in [-0.2, -0.15) is 0 Å². The Morgan fingerprint density at radius 1 is 1.23 bits per heavy atom. The number of carbonyl (C=O) groups is 1. The van der Waals surface area contributed by atoms with E-state index in [1.165, 1.54) is 0 Å². The zero-order valence-corrected chi connectivity index (χ0v) is 14.5. The average molecular weight is 305 g/mol. The van der Waals surface area contributed by atoms with Crippen molar-refractivity contribution in [3.8, 4) is 5.75 Å². The zero-order valence-electron chi connectivity index (χ0n) is 14.5. The van der Waals surface area contributed by atoms with Gasteiger partial charge in [-0.05, 0) is 52.7 Å². The molecule has 122 valence electrons. The second-order valence-corrected chi connectivity index (χ2v) is 7.41. The van der Waals surface area contributed by atoms with Gasteiger partial charge in [0, 0.05) is 12.1 Å². The summed E-state index contributed by atoms with van der Waals surface area (Å²) < 4.78 is 11.5. The molecule has 0 radical (unpaired) electrons. The van der Waals surface area contributed by atoms with E-state index < -0.39 is 0 Å². The number of para-hydroxylation sites is 1. The van der Waals surface area contributed by atoms with Crippen LogP contribution in [0.25, 0.3) is 0 Å². The summed E-state index contributed by atoms with van der Waals surface area (Å²) in [5, 5.41) is 0. The summed E-state index contributed by atoms with van der Waals surface area (Å²) in [6.07, 6.45) is 0. The molecule has 1 heterocycles. The van der Waals surface area contributed by atoms with Crippen molar-refractivity contribution in [3.05, 3.63) is 29.3 Å². The van der Waals surface area contributed by atoms with E-state index >= 15 is 0 Å². The molecule has 1 aromatic carbocycles. The summed E-state index contributed by atoms with van der Waals surface area (Å²) in [6.45, 7) is 13.8. The van der Waals surface area contributed by atoms with Gasteiger partial charge in [-0.15, -0.1) is 0 Å². The first-order valence-electron chi connectivity index (χ1n) is 7.77. The molecule has 0 atom stereocenters. The number of esters is 1. The van der Waals surface area contributed by atoms with Crippen molar-refractivity contribution in [2.45, 2.75) is 52.7 Å². The summed E-state index contributed by atoms with van der Waals surface area (Å²) >= 11 is 0. The van der Waals surface area contributed by atoms with Crippen LogP contribution in [0.1, 0.15) is 38.8 Å². The maximum atomic E-state index is 12.4. The Bertz CT molecular complexity index is 543. The van der Waals surface area contributed by atoms with E-state index in [-0.39, 0.29) is 23.7 Å². The molecule has 0 bridgehead atoms. The lowest BCUT2D eigenvalue weighted by molar-refractivity contribution is -0.158. The Morgan fingerprint density at radius 3 is 2.41 bits per heavy atom. The summed E-state index contributed by atoms with van der Waals surface area (Å²) in [5.74, 6) is 0.459. The third-order valence-corrected chi connectivity index (χ3v) is 4.19. The van der Waals surface area contributed by atoms with Crippen molar-refractivity contribution in [3.63, 3.8) is 0 Å². The fourth-order valence-electron chi connectivity index (χ4n) is 2.71. The second kappa shape index (κ2) is 6.01. The van der Waals surface area contributed by atoms with Gasteiger partial charge in [-0.1, -0.05) is 18.2 Å². The number of morpholine rings is 1. The molecule has 0 saturated carbocycles. The average Bonchev–Trinajstić information content (AvgIpc) is 2.39. The lowest BCUT2D eigenvalue weighted by Crippen LogP contribution is -2.60. The molecule has 22 heavy (non-hydrogen) atoms.